The van der Waals surface area contributed by atoms with Crippen LogP contribution in [-0.2, 0) is 11.8 Å². The summed E-state index contributed by atoms with van der Waals surface area (Å²) in [5, 5.41) is 7.03. The van der Waals surface area contributed by atoms with Gasteiger partial charge >= 0.3 is 0 Å². The van der Waals surface area contributed by atoms with Gasteiger partial charge in [0, 0.05) is 42.8 Å². The molecule has 1 aliphatic rings. The van der Waals surface area contributed by atoms with Crippen molar-refractivity contribution in [3.8, 4) is 5.75 Å². The number of anilines is 2. The average Bonchev–Trinajstić information content (AvgIpc) is 3.36. The second kappa shape index (κ2) is 8.86. The Morgan fingerprint density at radius 2 is 2.00 bits per heavy atom. The molecule has 1 saturated heterocycles. The number of aromatic nitrogens is 2. The predicted molar refractivity (Wildman–Crippen MR) is 134 cm³/mol. The fraction of sp³-hybridized carbons (Fsp3) is 0.320. The molecule has 7 nitrogen and oxygen atoms in total. The number of hydrogen-bond acceptors (Lipinski definition) is 4. The molecule has 2 aromatic heterocycles. The maximum Gasteiger partial charge on any atom is 0.229 e. The first-order valence-corrected chi connectivity index (χ1v) is 11.2. The molecule has 0 bridgehead atoms. The summed E-state index contributed by atoms with van der Waals surface area (Å²) >= 11 is 5.78. The van der Waals surface area contributed by atoms with Gasteiger partial charge in [-0.15, -0.1) is 0 Å². The van der Waals surface area contributed by atoms with E-state index >= 15 is 0 Å². The van der Waals surface area contributed by atoms with Gasteiger partial charge in [-0.1, -0.05) is 26.8 Å². The van der Waals surface area contributed by atoms with Gasteiger partial charge in [-0.3, -0.25) is 9.78 Å². The Bertz CT molecular complexity index is 1170. The zero-order valence-corrected chi connectivity index (χ0v) is 20.3. The minimum atomic E-state index is -0.515. The highest BCUT2D eigenvalue weighted by Gasteiger charge is 2.41. The van der Waals surface area contributed by atoms with Crippen LogP contribution in [0.25, 0.3) is 0 Å². The summed E-state index contributed by atoms with van der Waals surface area (Å²) in [6, 6.07) is 13.5. The van der Waals surface area contributed by atoms with Crippen molar-refractivity contribution in [1.29, 1.82) is 0 Å². The number of nitrogens with one attached hydrogen (secondary N) is 2. The number of ether oxygens (including phenoxy) is 1. The van der Waals surface area contributed by atoms with Gasteiger partial charge in [-0.05, 0) is 48.1 Å². The number of hydrogen-bond donors (Lipinski definition) is 2. The number of nitrogens with zero attached hydrogens (tertiary/aromatic N) is 3. The van der Waals surface area contributed by atoms with Crippen LogP contribution in [-0.4, -0.2) is 27.7 Å². The number of carbonyl (C=O) groups excluding carboxylic acids is 1. The van der Waals surface area contributed by atoms with Crippen molar-refractivity contribution >= 4 is 34.6 Å². The number of carbonyl (C=O) groups is 1. The fourth-order valence-corrected chi connectivity index (χ4v) is 4.26. The quantitative estimate of drug-likeness (QED) is 0.540. The van der Waals surface area contributed by atoms with Crippen molar-refractivity contribution < 1.29 is 9.53 Å². The Balaban J connectivity index is 1.74. The second-order valence-corrected chi connectivity index (χ2v) is 9.58. The van der Waals surface area contributed by atoms with Crippen molar-refractivity contribution in [1.82, 2.24) is 14.9 Å². The molecule has 0 spiro atoms. The van der Waals surface area contributed by atoms with Crippen LogP contribution >= 0.6 is 12.2 Å². The third-order valence-corrected chi connectivity index (χ3v) is 6.00. The largest absolute Gasteiger partial charge is 0.494 e. The average molecular weight is 464 g/mol. The molecule has 1 aromatic carbocycles. The van der Waals surface area contributed by atoms with E-state index in [2.05, 4.69) is 32.8 Å². The molecule has 3 aromatic rings. The zero-order valence-electron chi connectivity index (χ0n) is 19.5. The number of benzene rings is 1. The van der Waals surface area contributed by atoms with E-state index < -0.39 is 5.41 Å². The second-order valence-electron chi connectivity index (χ2n) is 9.20. The highest BCUT2D eigenvalue weighted by atomic mass is 32.1. The fourth-order valence-electron chi connectivity index (χ4n) is 3.91. The normalized spacial score (nSPS) is 18.2. The maximum atomic E-state index is 12.5. The molecule has 3 heterocycles. The van der Waals surface area contributed by atoms with Crippen LogP contribution in [0.5, 0.6) is 5.75 Å². The van der Waals surface area contributed by atoms with Crippen molar-refractivity contribution in [2.24, 2.45) is 12.5 Å². The molecule has 8 heteroatoms. The lowest BCUT2D eigenvalue weighted by Crippen LogP contribution is -2.30. The smallest absolute Gasteiger partial charge is 0.229 e. The molecule has 0 saturated carbocycles. The van der Waals surface area contributed by atoms with Gasteiger partial charge in [-0.2, -0.15) is 0 Å². The van der Waals surface area contributed by atoms with E-state index in [0.29, 0.717) is 16.5 Å². The summed E-state index contributed by atoms with van der Waals surface area (Å²) < 4.78 is 7.65. The summed E-state index contributed by atoms with van der Waals surface area (Å²) in [5.41, 5.74) is 3.00. The number of pyridine rings is 1. The van der Waals surface area contributed by atoms with E-state index in [1.807, 2.05) is 75.0 Å². The van der Waals surface area contributed by atoms with Crippen LogP contribution in [0, 0.1) is 5.41 Å². The molecule has 1 aliphatic heterocycles. The van der Waals surface area contributed by atoms with Crippen molar-refractivity contribution in [3.05, 3.63) is 72.3 Å². The van der Waals surface area contributed by atoms with Crippen LogP contribution in [0.15, 0.2) is 61.1 Å². The predicted octanol–water partition coefficient (Wildman–Crippen LogP) is 4.59. The topological polar surface area (TPSA) is 71.4 Å². The first kappa shape index (κ1) is 22.8. The van der Waals surface area contributed by atoms with Crippen molar-refractivity contribution in [2.75, 3.05) is 17.3 Å². The Morgan fingerprint density at radius 1 is 1.21 bits per heavy atom. The van der Waals surface area contributed by atoms with Crippen LogP contribution in [0.1, 0.15) is 44.1 Å². The summed E-state index contributed by atoms with van der Waals surface area (Å²) in [7, 11) is 3.60. The molecule has 2 N–H and O–H groups in total. The van der Waals surface area contributed by atoms with E-state index in [9.17, 15) is 4.79 Å². The molecule has 2 atom stereocenters. The SMILES string of the molecule is COc1cc(N2C(=S)N[C@@H](c3ccccn3)[C@@H]2c2ccn(C)c2)ccc1NC(=O)C(C)(C)C. The summed E-state index contributed by atoms with van der Waals surface area (Å²) in [6.07, 6.45) is 5.91. The third kappa shape index (κ3) is 4.57. The van der Waals surface area contributed by atoms with E-state index in [1.54, 1.807) is 13.3 Å². The Kier molecular flexibility index (Phi) is 6.12. The minimum Gasteiger partial charge on any atom is -0.494 e. The molecule has 1 fully saturated rings. The van der Waals surface area contributed by atoms with Crippen LogP contribution < -0.4 is 20.3 Å². The maximum absolute atomic E-state index is 12.5. The number of rotatable bonds is 5. The van der Waals surface area contributed by atoms with E-state index in [0.717, 1.165) is 16.9 Å². The minimum absolute atomic E-state index is 0.0794. The molecule has 0 radical (unpaired) electrons. The van der Waals surface area contributed by atoms with Gasteiger partial charge in [0.05, 0.1) is 30.6 Å². The van der Waals surface area contributed by atoms with E-state index in [4.69, 9.17) is 17.0 Å². The van der Waals surface area contributed by atoms with Crippen molar-refractivity contribution in [2.45, 2.75) is 32.9 Å². The molecule has 172 valence electrons. The van der Waals surface area contributed by atoms with Crippen LogP contribution in [0.4, 0.5) is 11.4 Å². The lowest BCUT2D eigenvalue weighted by atomic mass is 9.95. The first-order chi connectivity index (χ1) is 15.7. The Morgan fingerprint density at radius 3 is 2.61 bits per heavy atom. The number of amides is 1. The summed E-state index contributed by atoms with van der Waals surface area (Å²) in [5.74, 6) is 0.491. The van der Waals surface area contributed by atoms with Crippen LogP contribution in [0.2, 0.25) is 0 Å². The lowest BCUT2D eigenvalue weighted by Gasteiger charge is -2.28. The third-order valence-electron chi connectivity index (χ3n) is 5.69. The highest BCUT2D eigenvalue weighted by Crippen LogP contribution is 2.43. The molecule has 0 unspecified atom stereocenters. The van der Waals surface area contributed by atoms with Crippen LogP contribution in [0.3, 0.4) is 0 Å². The number of aryl methyl sites for hydroxylation is 1. The standard InChI is InChI=1S/C25H29N5O2S/c1-25(2,3)23(31)27-18-10-9-17(14-20(18)32-5)30-22(16-11-13-29(4)15-16)21(28-24(30)33)19-8-6-7-12-26-19/h6-15,21-22H,1-5H3,(H,27,31)(H,28,33)/t21-,22-/m0/s1. The van der Waals surface area contributed by atoms with E-state index in [-0.39, 0.29) is 18.0 Å². The van der Waals surface area contributed by atoms with Gasteiger partial charge in [0.25, 0.3) is 0 Å². The molecule has 1 amide bonds. The summed E-state index contributed by atoms with van der Waals surface area (Å²) in [4.78, 5) is 19.2. The summed E-state index contributed by atoms with van der Waals surface area (Å²) in [6.45, 7) is 5.62. The van der Waals surface area contributed by atoms with Gasteiger partial charge in [-0.25, -0.2) is 0 Å². The Labute approximate surface area is 199 Å². The number of methoxy groups -OCH3 is 1. The van der Waals surface area contributed by atoms with Gasteiger partial charge in [0.1, 0.15) is 5.75 Å². The highest BCUT2D eigenvalue weighted by molar-refractivity contribution is 7.80. The molecule has 33 heavy (non-hydrogen) atoms. The number of thiocarbonyl (C=S) groups is 1. The van der Waals surface area contributed by atoms with E-state index in [1.165, 1.54) is 0 Å². The van der Waals surface area contributed by atoms with Gasteiger partial charge in [0.15, 0.2) is 5.11 Å². The molecular formula is C25H29N5O2S. The Hall–Kier alpha value is -3.39. The molecular weight excluding hydrogens is 434 g/mol. The lowest BCUT2D eigenvalue weighted by molar-refractivity contribution is -0.123. The molecule has 4 rings (SSSR count). The first-order valence-electron chi connectivity index (χ1n) is 10.8. The van der Waals surface area contributed by atoms with Crippen molar-refractivity contribution in [3.63, 3.8) is 0 Å². The zero-order chi connectivity index (χ0) is 23.8. The molecule has 0 aliphatic carbocycles. The van der Waals surface area contributed by atoms with Gasteiger partial charge < -0.3 is 24.8 Å². The van der Waals surface area contributed by atoms with Gasteiger partial charge in [0.2, 0.25) is 5.91 Å². The monoisotopic (exact) mass is 463 g/mol.